The Hall–Kier alpha value is -4.54. The van der Waals surface area contributed by atoms with Crippen molar-refractivity contribution in [3.05, 3.63) is 65.7 Å². The Balaban J connectivity index is 1.39. The van der Waals surface area contributed by atoms with Crippen LogP contribution in [0, 0.1) is 6.92 Å². The van der Waals surface area contributed by atoms with Gasteiger partial charge in [-0.1, -0.05) is 23.4 Å². The molecule has 1 aliphatic heterocycles. The smallest absolute Gasteiger partial charge is 0.295 e. The van der Waals surface area contributed by atoms with Crippen LogP contribution in [-0.2, 0) is 4.79 Å². The van der Waals surface area contributed by atoms with Gasteiger partial charge in [-0.05, 0) is 26.0 Å². The molecule has 4 heterocycles. The molecule has 2 amide bonds. The third kappa shape index (κ3) is 3.98. The largest absolute Gasteiger partial charge is 0.494 e. The number of ether oxygens (including phenoxy) is 1. The van der Waals surface area contributed by atoms with Gasteiger partial charge in [0.1, 0.15) is 5.75 Å². The molecule has 0 radical (unpaired) electrons. The van der Waals surface area contributed by atoms with Crippen LogP contribution in [-0.4, -0.2) is 85.1 Å². The molecule has 0 bridgehead atoms. The maximum Gasteiger partial charge on any atom is 0.295 e. The first-order chi connectivity index (χ1) is 17.4. The van der Waals surface area contributed by atoms with E-state index in [0.29, 0.717) is 40.3 Å². The van der Waals surface area contributed by atoms with Gasteiger partial charge in [-0.3, -0.25) is 14.4 Å². The fourth-order valence-corrected chi connectivity index (χ4v) is 4.51. The number of nitrogens with one attached hydrogen (secondary N) is 1. The maximum atomic E-state index is 13.4. The molecule has 1 N–H and O–H groups in total. The SMILES string of the molecule is COc1cnc(-n2cc(C)nn2)c2[nH]cc(C(=O)C(=O)N3CCN(C(=O)c4ccccc4)[C@H](C)C3)c12. The summed E-state index contributed by atoms with van der Waals surface area (Å²) in [7, 11) is 1.48. The van der Waals surface area contributed by atoms with Gasteiger partial charge < -0.3 is 19.5 Å². The summed E-state index contributed by atoms with van der Waals surface area (Å²) in [5.74, 6) is -0.603. The Morgan fingerprint density at radius 1 is 1.14 bits per heavy atom. The Labute approximate surface area is 206 Å². The van der Waals surface area contributed by atoms with Crippen LogP contribution in [0.4, 0.5) is 0 Å². The number of carbonyl (C=O) groups is 3. The molecule has 11 heteroatoms. The molecule has 3 aromatic heterocycles. The van der Waals surface area contributed by atoms with Gasteiger partial charge in [-0.25, -0.2) is 4.98 Å². The Morgan fingerprint density at radius 3 is 2.58 bits per heavy atom. The number of methoxy groups -OCH3 is 1. The summed E-state index contributed by atoms with van der Waals surface area (Å²) >= 11 is 0. The van der Waals surface area contributed by atoms with E-state index >= 15 is 0 Å². The highest BCUT2D eigenvalue weighted by Crippen LogP contribution is 2.32. The molecule has 1 saturated heterocycles. The third-order valence-electron chi connectivity index (χ3n) is 6.33. The molecule has 0 unspecified atom stereocenters. The lowest BCUT2D eigenvalue weighted by molar-refractivity contribution is -0.128. The zero-order valence-electron chi connectivity index (χ0n) is 20.1. The number of rotatable bonds is 5. The monoisotopic (exact) mass is 487 g/mol. The van der Waals surface area contributed by atoms with Crippen molar-refractivity contribution in [2.24, 2.45) is 0 Å². The molecule has 36 heavy (non-hydrogen) atoms. The lowest BCUT2D eigenvalue weighted by atomic mass is 10.1. The second-order valence-corrected chi connectivity index (χ2v) is 8.70. The normalized spacial score (nSPS) is 15.8. The number of benzene rings is 1. The summed E-state index contributed by atoms with van der Waals surface area (Å²) < 4.78 is 6.94. The summed E-state index contributed by atoms with van der Waals surface area (Å²) in [6, 6.07) is 8.78. The van der Waals surface area contributed by atoms with Crippen LogP contribution >= 0.6 is 0 Å². The average molecular weight is 488 g/mol. The third-order valence-corrected chi connectivity index (χ3v) is 6.33. The number of aryl methyl sites for hydroxylation is 1. The van der Waals surface area contributed by atoms with Gasteiger partial charge in [0, 0.05) is 37.4 Å². The van der Waals surface area contributed by atoms with Crippen LogP contribution in [0.15, 0.2) is 48.9 Å². The van der Waals surface area contributed by atoms with Crippen molar-refractivity contribution in [2.45, 2.75) is 19.9 Å². The number of aromatic nitrogens is 5. The molecule has 11 nitrogen and oxygen atoms in total. The second kappa shape index (κ2) is 9.25. The number of pyridine rings is 1. The molecule has 0 aliphatic carbocycles. The number of aromatic amines is 1. The Morgan fingerprint density at radius 2 is 1.92 bits per heavy atom. The second-order valence-electron chi connectivity index (χ2n) is 8.70. The molecule has 1 atom stereocenters. The van der Waals surface area contributed by atoms with Crippen LogP contribution in [0.2, 0.25) is 0 Å². The highest BCUT2D eigenvalue weighted by molar-refractivity contribution is 6.45. The molecular weight excluding hydrogens is 462 g/mol. The van der Waals surface area contributed by atoms with E-state index in [2.05, 4.69) is 20.3 Å². The van der Waals surface area contributed by atoms with E-state index in [9.17, 15) is 14.4 Å². The first kappa shape index (κ1) is 23.2. The van der Waals surface area contributed by atoms with Crippen molar-refractivity contribution >= 4 is 28.5 Å². The molecule has 0 spiro atoms. The topological polar surface area (TPSA) is 126 Å². The molecule has 184 valence electrons. The number of Topliss-reactive ketones (excluding diaryl/α,β-unsaturated/α-hetero) is 1. The van der Waals surface area contributed by atoms with Gasteiger partial charge in [0.15, 0.2) is 5.82 Å². The van der Waals surface area contributed by atoms with Crippen molar-refractivity contribution in [1.29, 1.82) is 0 Å². The van der Waals surface area contributed by atoms with Crippen LogP contribution in [0.25, 0.3) is 16.7 Å². The number of carbonyl (C=O) groups excluding carboxylic acids is 3. The summed E-state index contributed by atoms with van der Waals surface area (Å²) in [5.41, 5.74) is 1.99. The van der Waals surface area contributed by atoms with Crippen LogP contribution in [0.3, 0.4) is 0 Å². The van der Waals surface area contributed by atoms with Crippen molar-refractivity contribution in [1.82, 2.24) is 34.8 Å². The van der Waals surface area contributed by atoms with Gasteiger partial charge in [-0.2, -0.15) is 4.68 Å². The molecule has 1 fully saturated rings. The molecule has 1 aromatic carbocycles. The van der Waals surface area contributed by atoms with Gasteiger partial charge in [0.05, 0.1) is 41.7 Å². The fourth-order valence-electron chi connectivity index (χ4n) is 4.51. The zero-order chi connectivity index (χ0) is 25.4. The van der Waals surface area contributed by atoms with E-state index in [1.54, 1.807) is 30.2 Å². The van der Waals surface area contributed by atoms with E-state index in [1.165, 1.54) is 29.1 Å². The lowest BCUT2D eigenvalue weighted by Crippen LogP contribution is -2.56. The van der Waals surface area contributed by atoms with Gasteiger partial charge in [0.2, 0.25) is 0 Å². The number of hydrogen-bond donors (Lipinski definition) is 1. The summed E-state index contributed by atoms with van der Waals surface area (Å²) in [6.07, 6.45) is 4.68. The van der Waals surface area contributed by atoms with Gasteiger partial charge in [0.25, 0.3) is 17.6 Å². The number of ketones is 1. The number of H-pyrrole nitrogens is 1. The van der Waals surface area contributed by atoms with E-state index in [-0.39, 0.29) is 30.6 Å². The van der Waals surface area contributed by atoms with Crippen LogP contribution in [0.1, 0.15) is 33.3 Å². The number of amides is 2. The summed E-state index contributed by atoms with van der Waals surface area (Å²) in [4.78, 5) is 50.2. The molecular formula is C25H25N7O4. The minimum absolute atomic E-state index is 0.0914. The minimum Gasteiger partial charge on any atom is -0.494 e. The van der Waals surface area contributed by atoms with E-state index in [0.717, 1.165) is 0 Å². The zero-order valence-corrected chi connectivity index (χ0v) is 20.1. The van der Waals surface area contributed by atoms with Gasteiger partial charge >= 0.3 is 0 Å². The lowest BCUT2D eigenvalue weighted by Gasteiger charge is -2.39. The van der Waals surface area contributed by atoms with Crippen molar-refractivity contribution < 1.29 is 19.1 Å². The highest BCUT2D eigenvalue weighted by Gasteiger charge is 2.34. The molecule has 5 rings (SSSR count). The number of piperazine rings is 1. The minimum atomic E-state index is -0.665. The standard InChI is InChI=1S/C25H25N7O4/c1-15-13-32(29-28-15)23-21-20(19(36-3)12-27-23)18(11-26-21)22(33)25(35)30-9-10-31(16(2)14-30)24(34)17-7-5-4-6-8-17/h4-8,11-13,16,26H,9-10,14H2,1-3H3/t16-/m1/s1. The van der Waals surface area contributed by atoms with Crippen LogP contribution in [0.5, 0.6) is 5.75 Å². The highest BCUT2D eigenvalue weighted by atomic mass is 16.5. The van der Waals surface area contributed by atoms with Crippen molar-refractivity contribution in [2.75, 3.05) is 26.7 Å². The van der Waals surface area contributed by atoms with Crippen molar-refractivity contribution in [3.8, 4) is 11.6 Å². The van der Waals surface area contributed by atoms with E-state index in [1.807, 2.05) is 25.1 Å². The number of nitrogens with zero attached hydrogens (tertiary/aromatic N) is 6. The average Bonchev–Trinajstić information content (AvgIpc) is 3.54. The fraction of sp³-hybridized carbons (Fsp3) is 0.280. The summed E-state index contributed by atoms with van der Waals surface area (Å²) in [6.45, 7) is 4.54. The first-order valence-electron chi connectivity index (χ1n) is 11.5. The molecule has 0 saturated carbocycles. The van der Waals surface area contributed by atoms with Crippen LogP contribution < -0.4 is 4.74 Å². The first-order valence-corrected chi connectivity index (χ1v) is 11.5. The predicted octanol–water partition coefficient (Wildman–Crippen LogP) is 2.02. The van der Waals surface area contributed by atoms with Crippen molar-refractivity contribution in [3.63, 3.8) is 0 Å². The molecule has 1 aliphatic rings. The molecule has 4 aromatic rings. The van der Waals surface area contributed by atoms with E-state index < -0.39 is 11.7 Å². The number of fused-ring (bicyclic) bond motifs is 1. The van der Waals surface area contributed by atoms with Gasteiger partial charge in [-0.15, -0.1) is 5.10 Å². The predicted molar refractivity (Wildman–Crippen MR) is 130 cm³/mol. The maximum absolute atomic E-state index is 13.4. The Bertz CT molecular complexity index is 1460. The summed E-state index contributed by atoms with van der Waals surface area (Å²) in [5, 5.41) is 8.49. The Kier molecular flexibility index (Phi) is 5.96. The van der Waals surface area contributed by atoms with E-state index in [4.69, 9.17) is 4.74 Å². The number of hydrogen-bond acceptors (Lipinski definition) is 7. The quantitative estimate of drug-likeness (QED) is 0.337.